The zero-order chi connectivity index (χ0) is 15.0. The maximum Gasteiger partial charge on any atom is 0.224 e. The quantitative estimate of drug-likeness (QED) is 0.718. The Bertz CT molecular complexity index is 541. The van der Waals surface area contributed by atoms with E-state index in [1.54, 1.807) is 25.1 Å². The molecule has 1 aromatic carbocycles. The number of nitrogens with two attached hydrogens (primary N) is 1. The van der Waals surface area contributed by atoms with Gasteiger partial charge in [0, 0.05) is 6.42 Å². The molecule has 0 unspecified atom stereocenters. The Labute approximate surface area is 120 Å². The van der Waals surface area contributed by atoms with Crippen molar-refractivity contribution in [2.45, 2.75) is 37.5 Å². The van der Waals surface area contributed by atoms with Gasteiger partial charge in [-0.05, 0) is 31.5 Å². The van der Waals surface area contributed by atoms with Crippen molar-refractivity contribution in [1.29, 1.82) is 0 Å². The predicted octanol–water partition coefficient (Wildman–Crippen LogP) is 1.94. The highest BCUT2D eigenvalue weighted by Gasteiger charge is 2.17. The number of sulfone groups is 1. The van der Waals surface area contributed by atoms with E-state index in [1.807, 2.05) is 0 Å². The van der Waals surface area contributed by atoms with Crippen LogP contribution in [0.2, 0.25) is 0 Å². The van der Waals surface area contributed by atoms with Crippen molar-refractivity contribution in [2.24, 2.45) is 5.73 Å². The van der Waals surface area contributed by atoms with Crippen LogP contribution in [0.25, 0.3) is 0 Å². The maximum absolute atomic E-state index is 11.9. The Morgan fingerprint density at radius 1 is 1.20 bits per heavy atom. The molecule has 0 aliphatic carbocycles. The van der Waals surface area contributed by atoms with Gasteiger partial charge in [-0.15, -0.1) is 0 Å². The van der Waals surface area contributed by atoms with E-state index >= 15 is 0 Å². The van der Waals surface area contributed by atoms with Gasteiger partial charge in [0.25, 0.3) is 0 Å². The van der Waals surface area contributed by atoms with Crippen LogP contribution in [0.3, 0.4) is 0 Å². The molecule has 0 atom stereocenters. The lowest BCUT2D eigenvalue weighted by atomic mass is 10.2. The molecule has 1 rings (SSSR count). The molecule has 5 nitrogen and oxygen atoms in total. The number of amides is 1. The summed E-state index contributed by atoms with van der Waals surface area (Å²) in [7, 11) is -3.33. The number of para-hydroxylation sites is 1. The number of hydrogen-bond donors (Lipinski definition) is 2. The number of nitrogens with one attached hydrogen (secondary N) is 1. The highest BCUT2D eigenvalue weighted by atomic mass is 32.2. The fourth-order valence-corrected chi connectivity index (χ4v) is 2.87. The molecule has 0 radical (unpaired) electrons. The molecular formula is C14H22N2O3S. The first-order chi connectivity index (χ1) is 9.51. The Balaban J connectivity index is 2.71. The van der Waals surface area contributed by atoms with Gasteiger partial charge in [0.05, 0.1) is 16.3 Å². The van der Waals surface area contributed by atoms with E-state index in [-0.39, 0.29) is 16.6 Å². The summed E-state index contributed by atoms with van der Waals surface area (Å²) in [4.78, 5) is 12.0. The Morgan fingerprint density at radius 2 is 1.90 bits per heavy atom. The molecule has 0 saturated carbocycles. The van der Waals surface area contributed by atoms with Gasteiger partial charge in [-0.25, -0.2) is 8.42 Å². The summed E-state index contributed by atoms with van der Waals surface area (Å²) in [5.41, 5.74) is 5.74. The molecule has 112 valence electrons. The smallest absolute Gasteiger partial charge is 0.224 e. The molecule has 0 aliphatic rings. The van der Waals surface area contributed by atoms with Crippen molar-refractivity contribution in [3.05, 3.63) is 24.3 Å². The molecule has 1 amide bonds. The summed E-state index contributed by atoms with van der Waals surface area (Å²) in [6.45, 7) is 2.21. The fraction of sp³-hybridized carbons (Fsp3) is 0.500. The fourth-order valence-electron chi connectivity index (χ4n) is 1.82. The van der Waals surface area contributed by atoms with Crippen LogP contribution in [0.1, 0.15) is 32.6 Å². The normalized spacial score (nSPS) is 11.3. The van der Waals surface area contributed by atoms with Crippen molar-refractivity contribution in [2.75, 3.05) is 17.6 Å². The minimum Gasteiger partial charge on any atom is -0.330 e. The van der Waals surface area contributed by atoms with E-state index in [9.17, 15) is 13.2 Å². The average molecular weight is 298 g/mol. The zero-order valence-corrected chi connectivity index (χ0v) is 12.6. The summed E-state index contributed by atoms with van der Waals surface area (Å²) >= 11 is 0. The monoisotopic (exact) mass is 298 g/mol. The average Bonchev–Trinajstić information content (AvgIpc) is 2.44. The van der Waals surface area contributed by atoms with E-state index in [0.29, 0.717) is 18.7 Å². The van der Waals surface area contributed by atoms with Crippen LogP contribution < -0.4 is 11.1 Å². The minimum absolute atomic E-state index is 0.0103. The van der Waals surface area contributed by atoms with Gasteiger partial charge in [0.1, 0.15) is 0 Å². The van der Waals surface area contributed by atoms with Crippen molar-refractivity contribution >= 4 is 21.4 Å². The molecule has 0 saturated heterocycles. The van der Waals surface area contributed by atoms with Crippen molar-refractivity contribution in [1.82, 2.24) is 0 Å². The number of carbonyl (C=O) groups excluding carboxylic acids is 1. The van der Waals surface area contributed by atoms with E-state index < -0.39 is 9.84 Å². The Morgan fingerprint density at radius 3 is 2.55 bits per heavy atom. The first-order valence-electron chi connectivity index (χ1n) is 6.83. The Kier molecular flexibility index (Phi) is 6.67. The van der Waals surface area contributed by atoms with Gasteiger partial charge >= 0.3 is 0 Å². The first-order valence-corrected chi connectivity index (χ1v) is 8.48. The third kappa shape index (κ3) is 4.94. The third-order valence-corrected chi connectivity index (χ3v) is 4.77. The van der Waals surface area contributed by atoms with Gasteiger partial charge < -0.3 is 11.1 Å². The third-order valence-electron chi connectivity index (χ3n) is 2.98. The summed E-state index contributed by atoms with van der Waals surface area (Å²) < 4.78 is 23.9. The largest absolute Gasteiger partial charge is 0.330 e. The molecule has 0 aliphatic heterocycles. The highest BCUT2D eigenvalue weighted by Crippen LogP contribution is 2.22. The summed E-state index contributed by atoms with van der Waals surface area (Å²) in [6, 6.07) is 6.49. The van der Waals surface area contributed by atoms with E-state index in [4.69, 9.17) is 5.73 Å². The SMILES string of the molecule is CCS(=O)(=O)c1ccccc1NC(=O)CCCCCN. The molecule has 0 aromatic heterocycles. The molecule has 3 N–H and O–H groups in total. The molecule has 1 aromatic rings. The molecule has 0 fully saturated rings. The van der Waals surface area contributed by atoms with Crippen LogP contribution in [-0.2, 0) is 14.6 Å². The Hall–Kier alpha value is -1.40. The van der Waals surface area contributed by atoms with E-state index in [0.717, 1.165) is 19.3 Å². The molecule has 20 heavy (non-hydrogen) atoms. The standard InChI is InChI=1S/C14H22N2O3S/c1-2-20(18,19)13-9-6-5-8-12(13)16-14(17)10-4-3-7-11-15/h5-6,8-9H,2-4,7,10-11,15H2,1H3,(H,16,17). The van der Waals surface area contributed by atoms with E-state index in [2.05, 4.69) is 5.32 Å². The van der Waals surface area contributed by atoms with Gasteiger partial charge in [0.2, 0.25) is 5.91 Å². The van der Waals surface area contributed by atoms with E-state index in [1.165, 1.54) is 6.07 Å². The lowest BCUT2D eigenvalue weighted by molar-refractivity contribution is -0.116. The number of unbranched alkanes of at least 4 members (excludes halogenated alkanes) is 2. The lowest BCUT2D eigenvalue weighted by Crippen LogP contribution is -2.15. The number of carbonyl (C=O) groups is 1. The second kappa shape index (κ2) is 8.01. The van der Waals surface area contributed by atoms with Gasteiger partial charge in [-0.2, -0.15) is 0 Å². The number of rotatable bonds is 8. The number of benzene rings is 1. The van der Waals surface area contributed by atoms with Gasteiger partial charge in [-0.3, -0.25) is 4.79 Å². The summed E-state index contributed by atoms with van der Waals surface area (Å²) in [5, 5.41) is 2.68. The van der Waals surface area contributed by atoms with Crippen molar-refractivity contribution in [3.63, 3.8) is 0 Å². The molecular weight excluding hydrogens is 276 g/mol. The van der Waals surface area contributed by atoms with Gasteiger partial charge in [0.15, 0.2) is 9.84 Å². The van der Waals surface area contributed by atoms with Crippen LogP contribution in [-0.4, -0.2) is 26.6 Å². The second-order valence-corrected chi connectivity index (χ2v) is 6.79. The summed E-state index contributed by atoms with van der Waals surface area (Å²) in [6.07, 6.45) is 2.93. The second-order valence-electron chi connectivity index (χ2n) is 4.55. The van der Waals surface area contributed by atoms with Crippen LogP contribution in [0, 0.1) is 0 Å². The number of hydrogen-bond acceptors (Lipinski definition) is 4. The zero-order valence-electron chi connectivity index (χ0n) is 11.8. The lowest BCUT2D eigenvalue weighted by Gasteiger charge is -2.10. The maximum atomic E-state index is 11.9. The number of anilines is 1. The van der Waals surface area contributed by atoms with Crippen molar-refractivity contribution in [3.8, 4) is 0 Å². The van der Waals surface area contributed by atoms with Gasteiger partial charge in [-0.1, -0.05) is 25.5 Å². The van der Waals surface area contributed by atoms with Crippen LogP contribution >= 0.6 is 0 Å². The first kappa shape index (κ1) is 16.7. The molecule has 0 heterocycles. The molecule has 6 heteroatoms. The minimum atomic E-state index is -3.33. The van der Waals surface area contributed by atoms with Crippen LogP contribution in [0.5, 0.6) is 0 Å². The van der Waals surface area contributed by atoms with Crippen LogP contribution in [0.15, 0.2) is 29.2 Å². The molecule has 0 spiro atoms. The van der Waals surface area contributed by atoms with Crippen molar-refractivity contribution < 1.29 is 13.2 Å². The topological polar surface area (TPSA) is 89.3 Å². The predicted molar refractivity (Wildman–Crippen MR) is 80.3 cm³/mol. The summed E-state index contributed by atoms with van der Waals surface area (Å²) in [5.74, 6) is -0.156. The van der Waals surface area contributed by atoms with Crippen LogP contribution in [0.4, 0.5) is 5.69 Å². The molecule has 0 bridgehead atoms. The highest BCUT2D eigenvalue weighted by molar-refractivity contribution is 7.91.